The molecule has 0 bridgehead atoms. The molecule has 1 aromatic carbocycles. The number of halogens is 4. The molecular weight excluding hydrogens is 352 g/mol. The number of aromatic nitrogens is 2. The minimum absolute atomic E-state index is 0.0255. The third-order valence-electron chi connectivity index (χ3n) is 2.09. The van der Waals surface area contributed by atoms with Crippen molar-refractivity contribution in [3.8, 4) is 11.6 Å². The second-order valence-corrected chi connectivity index (χ2v) is 4.94. The lowest BCUT2D eigenvalue weighted by atomic mass is 10.3. The summed E-state index contributed by atoms with van der Waals surface area (Å²) in [6.07, 6.45) is 1.20. The third-order valence-corrected chi connectivity index (χ3v) is 3.25. The number of hydrogen-bond donors (Lipinski definition) is 0. The molecule has 1 aromatic heterocycles. The summed E-state index contributed by atoms with van der Waals surface area (Å²) in [6.45, 7) is 0. The molecule has 0 unspecified atom stereocenters. The zero-order valence-corrected chi connectivity index (χ0v) is 12.3. The highest BCUT2D eigenvalue weighted by atomic mass is 35.5. The van der Waals surface area contributed by atoms with Gasteiger partial charge in [-0.2, -0.15) is 4.98 Å². The van der Waals surface area contributed by atoms with Crippen LogP contribution in [0.2, 0.25) is 20.4 Å². The molecule has 2 rings (SSSR count). The van der Waals surface area contributed by atoms with Crippen molar-refractivity contribution in [3.63, 3.8) is 0 Å². The summed E-state index contributed by atoms with van der Waals surface area (Å²) in [5.74, 6) is -0.297. The minimum Gasteiger partial charge on any atom is -0.430 e. The Morgan fingerprint density at radius 3 is 2.40 bits per heavy atom. The fourth-order valence-electron chi connectivity index (χ4n) is 1.25. The predicted molar refractivity (Wildman–Crippen MR) is 75.2 cm³/mol. The quantitative estimate of drug-likeness (QED) is 0.449. The first kappa shape index (κ1) is 15.1. The third kappa shape index (κ3) is 3.21. The van der Waals surface area contributed by atoms with Crippen LogP contribution in [0.4, 0.5) is 5.69 Å². The Balaban J connectivity index is 2.50. The molecular formula is C10H3Cl4N3O3. The van der Waals surface area contributed by atoms with Gasteiger partial charge in [-0.05, 0) is 11.6 Å². The molecule has 0 aliphatic carbocycles. The van der Waals surface area contributed by atoms with Gasteiger partial charge in [-0.1, -0.05) is 34.8 Å². The van der Waals surface area contributed by atoms with Crippen molar-refractivity contribution in [2.24, 2.45) is 0 Å². The molecule has 0 atom stereocenters. The van der Waals surface area contributed by atoms with Crippen molar-refractivity contribution in [2.45, 2.75) is 0 Å². The molecule has 0 aliphatic rings. The normalized spacial score (nSPS) is 10.4. The van der Waals surface area contributed by atoms with Gasteiger partial charge in [0, 0.05) is 12.1 Å². The maximum Gasteiger partial charge on any atom is 0.313 e. The van der Waals surface area contributed by atoms with Crippen LogP contribution in [-0.4, -0.2) is 14.9 Å². The Labute approximate surface area is 132 Å². The van der Waals surface area contributed by atoms with Gasteiger partial charge in [-0.15, -0.1) is 0 Å². The Kier molecular flexibility index (Phi) is 4.49. The molecule has 0 spiro atoms. The lowest BCUT2D eigenvalue weighted by Crippen LogP contribution is -1.96. The standard InChI is InChI=1S/C10H3Cl4N3O3/c11-4-1-7(17(18)19)8(2-5(4)12)20-9-6(13)3-15-10(14)16-9/h1-3H. The lowest BCUT2D eigenvalue weighted by Gasteiger charge is -2.08. The molecule has 0 fully saturated rings. The monoisotopic (exact) mass is 353 g/mol. The number of benzene rings is 1. The zero-order valence-electron chi connectivity index (χ0n) is 9.31. The molecule has 2 aromatic rings. The minimum atomic E-state index is -0.672. The van der Waals surface area contributed by atoms with Crippen molar-refractivity contribution in [1.82, 2.24) is 9.97 Å². The summed E-state index contributed by atoms with van der Waals surface area (Å²) in [6, 6.07) is 2.25. The highest BCUT2D eigenvalue weighted by Crippen LogP contribution is 2.39. The van der Waals surface area contributed by atoms with Gasteiger partial charge in [0.15, 0.2) is 0 Å². The molecule has 10 heteroatoms. The van der Waals surface area contributed by atoms with Gasteiger partial charge in [-0.3, -0.25) is 10.1 Å². The molecule has 0 radical (unpaired) electrons. The van der Waals surface area contributed by atoms with Gasteiger partial charge in [0.2, 0.25) is 16.9 Å². The van der Waals surface area contributed by atoms with Crippen LogP contribution in [0.15, 0.2) is 18.3 Å². The molecule has 0 aliphatic heterocycles. The fraction of sp³-hybridized carbons (Fsp3) is 0. The van der Waals surface area contributed by atoms with Crippen molar-refractivity contribution in [1.29, 1.82) is 0 Å². The topological polar surface area (TPSA) is 78.2 Å². The molecule has 0 saturated heterocycles. The van der Waals surface area contributed by atoms with E-state index in [-0.39, 0.29) is 37.7 Å². The summed E-state index contributed by atoms with van der Waals surface area (Å²) in [5.41, 5.74) is -0.384. The smallest absolute Gasteiger partial charge is 0.313 e. The van der Waals surface area contributed by atoms with Crippen molar-refractivity contribution in [2.75, 3.05) is 0 Å². The second kappa shape index (κ2) is 5.97. The van der Waals surface area contributed by atoms with E-state index in [9.17, 15) is 10.1 Å². The average molecular weight is 355 g/mol. The fourth-order valence-corrected chi connectivity index (χ4v) is 1.82. The van der Waals surface area contributed by atoms with E-state index in [1.807, 2.05) is 0 Å². The number of hydrogen-bond acceptors (Lipinski definition) is 5. The first-order valence-corrected chi connectivity index (χ1v) is 6.39. The summed E-state index contributed by atoms with van der Waals surface area (Å²) in [5, 5.41) is 11.0. The number of rotatable bonds is 3. The van der Waals surface area contributed by atoms with Gasteiger partial charge in [0.25, 0.3) is 0 Å². The summed E-state index contributed by atoms with van der Waals surface area (Å²) in [4.78, 5) is 17.6. The SMILES string of the molecule is O=[N+]([O-])c1cc(Cl)c(Cl)cc1Oc1nc(Cl)ncc1Cl. The van der Waals surface area contributed by atoms with Gasteiger partial charge in [-0.25, -0.2) is 4.98 Å². The molecule has 0 N–H and O–H groups in total. The Morgan fingerprint density at radius 2 is 1.75 bits per heavy atom. The number of nitrogens with zero attached hydrogens (tertiary/aromatic N) is 3. The largest absolute Gasteiger partial charge is 0.430 e. The van der Waals surface area contributed by atoms with Crippen LogP contribution in [0.25, 0.3) is 0 Å². The summed E-state index contributed by atoms with van der Waals surface area (Å²) in [7, 11) is 0. The van der Waals surface area contributed by atoms with E-state index in [2.05, 4.69) is 9.97 Å². The first-order chi connectivity index (χ1) is 9.38. The Hall–Kier alpha value is -1.34. The molecule has 104 valence electrons. The number of ether oxygens (including phenoxy) is 1. The van der Waals surface area contributed by atoms with E-state index >= 15 is 0 Å². The molecule has 20 heavy (non-hydrogen) atoms. The number of nitro groups is 1. The Morgan fingerprint density at radius 1 is 1.10 bits per heavy atom. The molecule has 0 saturated carbocycles. The van der Waals surface area contributed by atoms with E-state index in [4.69, 9.17) is 51.1 Å². The summed E-state index contributed by atoms with van der Waals surface area (Å²) >= 11 is 22.9. The molecule has 6 nitrogen and oxygen atoms in total. The average Bonchev–Trinajstić information content (AvgIpc) is 2.37. The van der Waals surface area contributed by atoms with Crippen molar-refractivity contribution < 1.29 is 9.66 Å². The highest BCUT2D eigenvalue weighted by molar-refractivity contribution is 6.42. The van der Waals surface area contributed by atoms with E-state index in [1.54, 1.807) is 0 Å². The lowest BCUT2D eigenvalue weighted by molar-refractivity contribution is -0.385. The van der Waals surface area contributed by atoms with Crippen molar-refractivity contribution in [3.05, 3.63) is 48.8 Å². The van der Waals surface area contributed by atoms with Crippen LogP contribution in [0, 0.1) is 10.1 Å². The van der Waals surface area contributed by atoms with Crippen LogP contribution < -0.4 is 4.74 Å². The van der Waals surface area contributed by atoms with E-state index in [1.165, 1.54) is 12.3 Å². The van der Waals surface area contributed by atoms with E-state index in [0.29, 0.717) is 0 Å². The zero-order chi connectivity index (χ0) is 14.9. The number of nitro benzene ring substituents is 1. The predicted octanol–water partition coefficient (Wildman–Crippen LogP) is 4.79. The molecule has 1 heterocycles. The highest BCUT2D eigenvalue weighted by Gasteiger charge is 2.20. The first-order valence-electron chi connectivity index (χ1n) is 4.88. The van der Waals surface area contributed by atoms with Gasteiger partial charge in [0.05, 0.1) is 21.2 Å². The van der Waals surface area contributed by atoms with Gasteiger partial charge in [0.1, 0.15) is 5.02 Å². The van der Waals surface area contributed by atoms with Gasteiger partial charge < -0.3 is 4.74 Å². The van der Waals surface area contributed by atoms with E-state index < -0.39 is 4.92 Å². The van der Waals surface area contributed by atoms with Crippen LogP contribution in [0.3, 0.4) is 0 Å². The second-order valence-electron chi connectivity index (χ2n) is 3.39. The van der Waals surface area contributed by atoms with Crippen LogP contribution in [0.5, 0.6) is 11.6 Å². The van der Waals surface area contributed by atoms with Crippen LogP contribution in [-0.2, 0) is 0 Å². The van der Waals surface area contributed by atoms with E-state index in [0.717, 1.165) is 6.07 Å². The van der Waals surface area contributed by atoms with Gasteiger partial charge >= 0.3 is 5.69 Å². The molecule has 0 amide bonds. The Bertz CT molecular complexity index is 696. The van der Waals surface area contributed by atoms with Crippen LogP contribution >= 0.6 is 46.4 Å². The maximum atomic E-state index is 11.0. The maximum absolute atomic E-state index is 11.0. The van der Waals surface area contributed by atoms with Crippen LogP contribution in [0.1, 0.15) is 0 Å². The summed E-state index contributed by atoms with van der Waals surface area (Å²) < 4.78 is 5.27. The van der Waals surface area contributed by atoms with Crippen molar-refractivity contribution >= 4 is 52.1 Å².